The van der Waals surface area contributed by atoms with Crippen molar-refractivity contribution in [1.82, 2.24) is 5.32 Å². The third-order valence-corrected chi connectivity index (χ3v) is 4.77. The van der Waals surface area contributed by atoms with Crippen LogP contribution in [0.1, 0.15) is 26.3 Å². The molecule has 1 aromatic rings. The highest BCUT2D eigenvalue weighted by Crippen LogP contribution is 2.29. The minimum atomic E-state index is 0. The minimum Gasteiger partial charge on any atom is -0.372 e. The van der Waals surface area contributed by atoms with Crippen LogP contribution in [-0.2, 0) is 4.74 Å². The Morgan fingerprint density at radius 2 is 1.75 bits per heavy atom. The number of aryl methyl sites for hydroxylation is 1. The molecule has 2 fully saturated rings. The first-order chi connectivity index (χ1) is 10.5. The highest BCUT2D eigenvalue weighted by molar-refractivity contribution is 5.85. The largest absolute Gasteiger partial charge is 0.372 e. The lowest BCUT2D eigenvalue weighted by molar-refractivity contribution is -0.00524. The summed E-state index contributed by atoms with van der Waals surface area (Å²) in [5.74, 6) is 0. The molecule has 0 bridgehead atoms. The summed E-state index contributed by atoms with van der Waals surface area (Å²) in [4.78, 5) is 4.98. The number of ether oxygens (including phenoxy) is 1. The van der Waals surface area contributed by atoms with Gasteiger partial charge in [0.1, 0.15) is 0 Å². The second kappa shape index (κ2) is 9.14. The van der Waals surface area contributed by atoms with Gasteiger partial charge in [0.05, 0.1) is 12.2 Å². The van der Waals surface area contributed by atoms with Crippen molar-refractivity contribution in [2.45, 2.75) is 45.9 Å². The molecule has 0 aliphatic carbocycles. The molecule has 0 unspecified atom stereocenters. The number of rotatable bonds is 2. The molecule has 0 aromatic heterocycles. The van der Waals surface area contributed by atoms with Crippen molar-refractivity contribution in [2.75, 3.05) is 42.5 Å². The third-order valence-electron chi connectivity index (χ3n) is 4.77. The van der Waals surface area contributed by atoms with Crippen LogP contribution >= 0.6 is 24.8 Å². The Morgan fingerprint density at radius 3 is 2.33 bits per heavy atom. The van der Waals surface area contributed by atoms with Crippen molar-refractivity contribution >= 4 is 36.2 Å². The van der Waals surface area contributed by atoms with Crippen LogP contribution in [0.25, 0.3) is 0 Å². The highest BCUT2D eigenvalue weighted by atomic mass is 35.5. The van der Waals surface area contributed by atoms with Crippen LogP contribution in [0.3, 0.4) is 0 Å². The first-order valence-electron chi connectivity index (χ1n) is 8.53. The van der Waals surface area contributed by atoms with Gasteiger partial charge in [-0.1, -0.05) is 0 Å². The standard InChI is InChI=1S/C18H29N3O.2ClH/c1-13-9-17(21-8-7-19-10-14(21)2)5-6-18(13)20-11-15(3)22-16(4)12-20;;/h5-6,9,14-16,19H,7-8,10-12H2,1-4H3;2*1H/t14-,15-,16+;;/m0../s1. The molecule has 2 saturated heterocycles. The topological polar surface area (TPSA) is 27.7 Å². The molecule has 3 atom stereocenters. The summed E-state index contributed by atoms with van der Waals surface area (Å²) in [6.07, 6.45) is 0.604. The SMILES string of the molecule is Cc1cc(N2CCNC[C@@H]2C)ccc1N1C[C@@H](C)O[C@@H](C)C1.Cl.Cl. The molecule has 2 aliphatic heterocycles. The molecule has 0 saturated carbocycles. The fourth-order valence-electron chi connectivity index (χ4n) is 3.77. The predicted octanol–water partition coefficient (Wildman–Crippen LogP) is 3.25. The minimum absolute atomic E-state index is 0. The molecule has 24 heavy (non-hydrogen) atoms. The van der Waals surface area contributed by atoms with Gasteiger partial charge >= 0.3 is 0 Å². The van der Waals surface area contributed by atoms with Gasteiger partial charge in [0.2, 0.25) is 0 Å². The molecule has 1 aromatic carbocycles. The van der Waals surface area contributed by atoms with Crippen LogP contribution < -0.4 is 15.1 Å². The molecule has 0 spiro atoms. The number of hydrogen-bond donors (Lipinski definition) is 1. The van der Waals surface area contributed by atoms with Gasteiger partial charge in [0.15, 0.2) is 0 Å². The lowest BCUT2D eigenvalue weighted by Gasteiger charge is -2.39. The lowest BCUT2D eigenvalue weighted by Crippen LogP contribution is -2.50. The predicted molar refractivity (Wildman–Crippen MR) is 108 cm³/mol. The van der Waals surface area contributed by atoms with E-state index in [1.54, 1.807) is 0 Å². The van der Waals surface area contributed by atoms with Crippen LogP contribution in [0.15, 0.2) is 18.2 Å². The number of morpholine rings is 1. The molecule has 0 amide bonds. The fraction of sp³-hybridized carbons (Fsp3) is 0.667. The number of anilines is 2. The van der Waals surface area contributed by atoms with E-state index in [-0.39, 0.29) is 24.8 Å². The molecule has 6 heteroatoms. The maximum Gasteiger partial charge on any atom is 0.0726 e. The van der Waals surface area contributed by atoms with Crippen molar-refractivity contribution in [2.24, 2.45) is 0 Å². The van der Waals surface area contributed by atoms with Crippen molar-refractivity contribution in [3.05, 3.63) is 23.8 Å². The van der Waals surface area contributed by atoms with Gasteiger partial charge in [-0.15, -0.1) is 24.8 Å². The van der Waals surface area contributed by atoms with Gasteiger partial charge in [-0.3, -0.25) is 0 Å². The zero-order valence-corrected chi connectivity index (χ0v) is 16.8. The molecule has 0 radical (unpaired) electrons. The Bertz CT molecular complexity index is 519. The van der Waals surface area contributed by atoms with Gasteiger partial charge in [-0.25, -0.2) is 0 Å². The molecule has 1 N–H and O–H groups in total. The van der Waals surface area contributed by atoms with E-state index in [4.69, 9.17) is 4.74 Å². The Labute approximate surface area is 158 Å². The lowest BCUT2D eigenvalue weighted by atomic mass is 10.1. The van der Waals surface area contributed by atoms with Crippen LogP contribution in [0.5, 0.6) is 0 Å². The van der Waals surface area contributed by atoms with Crippen molar-refractivity contribution in [3.63, 3.8) is 0 Å². The third kappa shape index (κ3) is 4.69. The molecular weight excluding hydrogens is 345 g/mol. The number of benzene rings is 1. The van der Waals surface area contributed by atoms with E-state index in [0.717, 1.165) is 32.7 Å². The monoisotopic (exact) mass is 375 g/mol. The summed E-state index contributed by atoms with van der Waals surface area (Å²) in [6.45, 7) is 14.0. The van der Waals surface area contributed by atoms with Crippen LogP contribution in [0.2, 0.25) is 0 Å². The average molecular weight is 376 g/mol. The second-order valence-electron chi connectivity index (χ2n) is 6.88. The summed E-state index contributed by atoms with van der Waals surface area (Å²) in [7, 11) is 0. The van der Waals surface area contributed by atoms with Crippen molar-refractivity contribution in [1.29, 1.82) is 0 Å². The van der Waals surface area contributed by atoms with Gasteiger partial charge in [-0.05, 0) is 51.5 Å². The zero-order valence-electron chi connectivity index (χ0n) is 15.1. The smallest absolute Gasteiger partial charge is 0.0726 e. The molecular formula is C18H31Cl2N3O. The van der Waals surface area contributed by atoms with E-state index < -0.39 is 0 Å². The van der Waals surface area contributed by atoms with E-state index in [2.05, 4.69) is 61.0 Å². The van der Waals surface area contributed by atoms with Gasteiger partial charge in [-0.2, -0.15) is 0 Å². The number of nitrogens with one attached hydrogen (secondary N) is 1. The van der Waals surface area contributed by atoms with E-state index in [9.17, 15) is 0 Å². The molecule has 2 aliphatic rings. The van der Waals surface area contributed by atoms with Crippen molar-refractivity contribution in [3.8, 4) is 0 Å². The van der Waals surface area contributed by atoms with E-state index in [1.807, 2.05) is 0 Å². The number of halogens is 2. The molecule has 2 heterocycles. The average Bonchev–Trinajstić information content (AvgIpc) is 2.46. The number of piperazine rings is 1. The Hall–Kier alpha value is -0.680. The first kappa shape index (κ1) is 21.4. The molecule has 138 valence electrons. The summed E-state index contributed by atoms with van der Waals surface area (Å²) < 4.78 is 5.85. The van der Waals surface area contributed by atoms with Crippen LogP contribution in [0, 0.1) is 6.92 Å². The van der Waals surface area contributed by atoms with E-state index >= 15 is 0 Å². The number of nitrogens with zero attached hydrogens (tertiary/aromatic N) is 2. The van der Waals surface area contributed by atoms with Crippen LogP contribution in [-0.4, -0.2) is 51.0 Å². The van der Waals surface area contributed by atoms with E-state index in [1.165, 1.54) is 16.9 Å². The summed E-state index contributed by atoms with van der Waals surface area (Å²) in [5, 5.41) is 3.46. The Morgan fingerprint density at radius 1 is 1.08 bits per heavy atom. The molecule has 3 rings (SSSR count). The van der Waals surface area contributed by atoms with Gasteiger partial charge in [0.25, 0.3) is 0 Å². The van der Waals surface area contributed by atoms with E-state index in [0.29, 0.717) is 18.2 Å². The first-order valence-corrected chi connectivity index (χ1v) is 8.53. The van der Waals surface area contributed by atoms with Crippen molar-refractivity contribution < 1.29 is 4.74 Å². The summed E-state index contributed by atoms with van der Waals surface area (Å²) in [6, 6.07) is 7.49. The van der Waals surface area contributed by atoms with Crippen LogP contribution in [0.4, 0.5) is 11.4 Å². The Kier molecular flexibility index (Phi) is 8.13. The van der Waals surface area contributed by atoms with Gasteiger partial charge in [0, 0.05) is 50.1 Å². The second-order valence-corrected chi connectivity index (χ2v) is 6.88. The zero-order chi connectivity index (χ0) is 15.7. The Balaban J connectivity index is 0.00000144. The maximum atomic E-state index is 5.85. The quantitative estimate of drug-likeness (QED) is 0.858. The maximum absolute atomic E-state index is 5.85. The highest BCUT2D eigenvalue weighted by Gasteiger charge is 2.24. The molecule has 4 nitrogen and oxygen atoms in total. The number of hydrogen-bond acceptors (Lipinski definition) is 4. The summed E-state index contributed by atoms with van der Waals surface area (Å²) in [5.41, 5.74) is 4.07. The summed E-state index contributed by atoms with van der Waals surface area (Å²) >= 11 is 0. The van der Waals surface area contributed by atoms with Gasteiger partial charge < -0.3 is 19.9 Å². The normalized spacial score (nSPS) is 27.2. The fourth-order valence-corrected chi connectivity index (χ4v) is 3.77.